The quantitative estimate of drug-likeness (QED) is 0.814. The van der Waals surface area contributed by atoms with Crippen molar-refractivity contribution in [2.75, 3.05) is 5.32 Å². The fourth-order valence-electron chi connectivity index (χ4n) is 1.56. The molecule has 1 rings (SSSR count). The van der Waals surface area contributed by atoms with E-state index in [0.29, 0.717) is 6.42 Å². The molecule has 0 fully saturated rings. The molecule has 0 aliphatic carbocycles. The molecule has 1 atom stereocenters. The van der Waals surface area contributed by atoms with Gasteiger partial charge in [0.15, 0.2) is 0 Å². The van der Waals surface area contributed by atoms with Crippen LogP contribution in [0, 0.1) is 5.92 Å². The van der Waals surface area contributed by atoms with E-state index in [2.05, 4.69) is 12.2 Å². The minimum atomic E-state index is -0.873. The Bertz CT molecular complexity index is 412. The highest BCUT2D eigenvalue weighted by Crippen LogP contribution is 2.13. The van der Waals surface area contributed by atoms with Crippen LogP contribution in [0.4, 0.5) is 5.69 Å². The summed E-state index contributed by atoms with van der Waals surface area (Å²) in [4.78, 5) is 22.2. The summed E-state index contributed by atoms with van der Waals surface area (Å²) in [5, 5.41) is 11.3. The zero-order valence-corrected chi connectivity index (χ0v) is 10.8. The molecule has 1 aromatic rings. The molecule has 4 nitrogen and oxygen atoms in total. The average Bonchev–Trinajstić information content (AvgIpc) is 2.36. The summed E-state index contributed by atoms with van der Waals surface area (Å²) in [5.41, 5.74) is 1.96. The third kappa shape index (κ3) is 4.57. The molecule has 4 heteroatoms. The topological polar surface area (TPSA) is 66.4 Å². The number of carbonyl (C=O) groups is 2. The van der Waals surface area contributed by atoms with Gasteiger partial charge in [0.25, 0.3) is 0 Å². The second-order valence-corrected chi connectivity index (χ2v) is 4.37. The molecule has 1 aromatic carbocycles. The van der Waals surface area contributed by atoms with Gasteiger partial charge in [-0.1, -0.05) is 26.0 Å². The Labute approximate surface area is 107 Å². The minimum Gasteiger partial charge on any atom is -0.481 e. The first-order valence-corrected chi connectivity index (χ1v) is 6.14. The summed E-state index contributed by atoms with van der Waals surface area (Å²) in [7, 11) is 0. The number of aryl methyl sites for hydroxylation is 1. The SMILES string of the molecule is CCc1ccc(NC(=O)C(C)CCC(=O)O)cc1. The molecule has 0 saturated heterocycles. The maximum Gasteiger partial charge on any atom is 0.303 e. The van der Waals surface area contributed by atoms with Crippen molar-refractivity contribution in [1.82, 2.24) is 0 Å². The molecule has 0 radical (unpaired) electrons. The lowest BCUT2D eigenvalue weighted by Crippen LogP contribution is -2.21. The van der Waals surface area contributed by atoms with Crippen LogP contribution in [0.15, 0.2) is 24.3 Å². The number of carboxylic acid groups (broad SMARTS) is 1. The first-order chi connectivity index (χ1) is 8.52. The highest BCUT2D eigenvalue weighted by atomic mass is 16.4. The first-order valence-electron chi connectivity index (χ1n) is 6.14. The van der Waals surface area contributed by atoms with Gasteiger partial charge < -0.3 is 10.4 Å². The average molecular weight is 249 g/mol. The third-order valence-electron chi connectivity index (χ3n) is 2.87. The number of carbonyl (C=O) groups excluding carboxylic acids is 1. The van der Waals surface area contributed by atoms with Gasteiger partial charge in [-0.15, -0.1) is 0 Å². The summed E-state index contributed by atoms with van der Waals surface area (Å²) in [6, 6.07) is 7.66. The van der Waals surface area contributed by atoms with Crippen molar-refractivity contribution in [2.24, 2.45) is 5.92 Å². The largest absolute Gasteiger partial charge is 0.481 e. The van der Waals surface area contributed by atoms with Crippen molar-refractivity contribution >= 4 is 17.6 Å². The smallest absolute Gasteiger partial charge is 0.303 e. The highest BCUT2D eigenvalue weighted by molar-refractivity contribution is 5.92. The van der Waals surface area contributed by atoms with Crippen LogP contribution < -0.4 is 5.32 Å². The van der Waals surface area contributed by atoms with Crippen LogP contribution in [-0.4, -0.2) is 17.0 Å². The molecule has 2 N–H and O–H groups in total. The number of carboxylic acids is 1. The van der Waals surface area contributed by atoms with Crippen molar-refractivity contribution in [1.29, 1.82) is 0 Å². The number of hydrogen-bond donors (Lipinski definition) is 2. The third-order valence-corrected chi connectivity index (χ3v) is 2.87. The molecule has 0 spiro atoms. The molecule has 1 amide bonds. The predicted molar refractivity (Wildman–Crippen MR) is 70.5 cm³/mol. The summed E-state index contributed by atoms with van der Waals surface area (Å²) in [6.07, 6.45) is 1.33. The molecule has 0 saturated carbocycles. The van der Waals surface area contributed by atoms with E-state index in [1.54, 1.807) is 6.92 Å². The number of benzene rings is 1. The highest BCUT2D eigenvalue weighted by Gasteiger charge is 2.14. The monoisotopic (exact) mass is 249 g/mol. The Balaban J connectivity index is 2.49. The zero-order valence-electron chi connectivity index (χ0n) is 10.8. The van der Waals surface area contributed by atoms with Gasteiger partial charge in [-0.25, -0.2) is 0 Å². The maximum atomic E-state index is 11.8. The Morgan fingerprint density at radius 2 is 1.89 bits per heavy atom. The van der Waals surface area contributed by atoms with Crippen LogP contribution >= 0.6 is 0 Å². The number of aliphatic carboxylic acids is 1. The van der Waals surface area contributed by atoms with Crippen LogP contribution in [-0.2, 0) is 16.0 Å². The molecule has 0 bridgehead atoms. The Hall–Kier alpha value is -1.84. The Morgan fingerprint density at radius 3 is 2.39 bits per heavy atom. The van der Waals surface area contributed by atoms with Crippen LogP contribution in [0.2, 0.25) is 0 Å². The van der Waals surface area contributed by atoms with Crippen molar-refractivity contribution in [3.63, 3.8) is 0 Å². The van der Waals surface area contributed by atoms with Crippen LogP contribution in [0.1, 0.15) is 32.3 Å². The number of amides is 1. The fourth-order valence-corrected chi connectivity index (χ4v) is 1.56. The van der Waals surface area contributed by atoms with Gasteiger partial charge >= 0.3 is 5.97 Å². The van der Waals surface area contributed by atoms with E-state index in [0.717, 1.165) is 12.1 Å². The van der Waals surface area contributed by atoms with E-state index >= 15 is 0 Å². The van der Waals surface area contributed by atoms with Crippen molar-refractivity contribution < 1.29 is 14.7 Å². The van der Waals surface area contributed by atoms with Crippen molar-refractivity contribution in [3.8, 4) is 0 Å². The number of rotatable bonds is 6. The van der Waals surface area contributed by atoms with Gasteiger partial charge in [-0.3, -0.25) is 9.59 Å². The molecule has 1 unspecified atom stereocenters. The Kier molecular flexibility index (Phi) is 5.36. The summed E-state index contributed by atoms with van der Waals surface area (Å²) >= 11 is 0. The Morgan fingerprint density at radius 1 is 1.28 bits per heavy atom. The first kappa shape index (κ1) is 14.2. The van der Waals surface area contributed by atoms with Crippen LogP contribution in [0.5, 0.6) is 0 Å². The normalized spacial score (nSPS) is 11.9. The summed E-state index contributed by atoms with van der Waals surface area (Å²) in [5.74, 6) is -1.31. The molecule has 18 heavy (non-hydrogen) atoms. The molecule has 0 aromatic heterocycles. The van der Waals surface area contributed by atoms with Gasteiger partial charge in [-0.2, -0.15) is 0 Å². The van der Waals surface area contributed by atoms with Gasteiger partial charge in [0.2, 0.25) is 5.91 Å². The van der Waals surface area contributed by atoms with Crippen molar-refractivity contribution in [2.45, 2.75) is 33.1 Å². The summed E-state index contributed by atoms with van der Waals surface area (Å²) in [6.45, 7) is 3.81. The van der Waals surface area contributed by atoms with E-state index in [-0.39, 0.29) is 18.2 Å². The second-order valence-electron chi connectivity index (χ2n) is 4.37. The minimum absolute atomic E-state index is 0.0172. The van der Waals surface area contributed by atoms with Gasteiger partial charge in [0.1, 0.15) is 0 Å². The maximum absolute atomic E-state index is 11.8. The molecule has 0 aliphatic rings. The zero-order chi connectivity index (χ0) is 13.5. The lowest BCUT2D eigenvalue weighted by Gasteiger charge is -2.11. The molecular formula is C14H19NO3. The molecular weight excluding hydrogens is 230 g/mol. The van der Waals surface area contributed by atoms with E-state index in [1.165, 1.54) is 5.56 Å². The molecule has 0 aliphatic heterocycles. The van der Waals surface area contributed by atoms with Crippen LogP contribution in [0.25, 0.3) is 0 Å². The number of nitrogens with one attached hydrogen (secondary N) is 1. The van der Waals surface area contributed by atoms with Crippen molar-refractivity contribution in [3.05, 3.63) is 29.8 Å². The number of anilines is 1. The van der Waals surface area contributed by atoms with E-state index in [9.17, 15) is 9.59 Å². The van der Waals surface area contributed by atoms with E-state index < -0.39 is 5.97 Å². The number of hydrogen-bond acceptors (Lipinski definition) is 2. The predicted octanol–water partition coefficient (Wildman–Crippen LogP) is 2.69. The second kappa shape index (κ2) is 6.79. The lowest BCUT2D eigenvalue weighted by atomic mass is 10.0. The molecule has 98 valence electrons. The fraction of sp³-hybridized carbons (Fsp3) is 0.429. The summed E-state index contributed by atoms with van der Waals surface area (Å²) < 4.78 is 0. The lowest BCUT2D eigenvalue weighted by molar-refractivity contribution is -0.137. The standard InChI is InChI=1S/C14H19NO3/c1-3-11-5-7-12(8-6-11)15-14(18)10(2)4-9-13(16)17/h5-8,10H,3-4,9H2,1-2H3,(H,15,18)(H,16,17). The van der Waals surface area contributed by atoms with Gasteiger partial charge in [0, 0.05) is 18.0 Å². The van der Waals surface area contributed by atoms with E-state index in [4.69, 9.17) is 5.11 Å². The van der Waals surface area contributed by atoms with E-state index in [1.807, 2.05) is 24.3 Å². The molecule has 0 heterocycles. The van der Waals surface area contributed by atoms with Gasteiger partial charge in [0.05, 0.1) is 0 Å². The van der Waals surface area contributed by atoms with Gasteiger partial charge in [-0.05, 0) is 30.5 Å². The van der Waals surface area contributed by atoms with Crippen LogP contribution in [0.3, 0.4) is 0 Å².